The quantitative estimate of drug-likeness (QED) is 0.0779. The van der Waals surface area contributed by atoms with E-state index >= 15 is 4.79 Å². The average molecular weight is 791 g/mol. The summed E-state index contributed by atoms with van der Waals surface area (Å²) in [5, 5.41) is 6.97. The number of Topliss-reactive ketones (excluding diaryl/α,β-unsaturated/α-hetero) is 1. The molecule has 0 radical (unpaired) electrons. The Bertz CT molecular complexity index is 1680. The van der Waals surface area contributed by atoms with E-state index in [1.807, 2.05) is 24.5 Å². The van der Waals surface area contributed by atoms with Crippen LogP contribution < -0.4 is 29.9 Å². The minimum absolute atomic E-state index is 0.283. The van der Waals surface area contributed by atoms with Crippen LogP contribution in [-0.4, -0.2) is 116 Å². The lowest BCUT2D eigenvalue weighted by Crippen LogP contribution is -2.60. The highest BCUT2D eigenvalue weighted by atomic mass is 16.5. The molecule has 0 aliphatic carbocycles. The Morgan fingerprint density at radius 3 is 1.34 bits per heavy atom. The van der Waals surface area contributed by atoms with Crippen LogP contribution in [0.4, 0.5) is 23.0 Å². The predicted octanol–water partition coefficient (Wildman–Crippen LogP) is 7.43. The maximum absolute atomic E-state index is 15.5. The van der Waals surface area contributed by atoms with Crippen LogP contribution in [-0.2, 0) is 17.6 Å². The number of aromatic nitrogens is 2. The van der Waals surface area contributed by atoms with Gasteiger partial charge in [0.1, 0.15) is 11.5 Å². The van der Waals surface area contributed by atoms with Crippen molar-refractivity contribution < 1.29 is 14.3 Å². The Kier molecular flexibility index (Phi) is 16.4. The molecule has 6 rings (SSSR count). The first-order valence-electron chi connectivity index (χ1n) is 21.8. The van der Waals surface area contributed by atoms with Crippen molar-refractivity contribution in [1.29, 1.82) is 0 Å². The number of benzene rings is 2. The summed E-state index contributed by atoms with van der Waals surface area (Å²) in [6, 6.07) is 24.4. The zero-order chi connectivity index (χ0) is 40.5. The summed E-state index contributed by atoms with van der Waals surface area (Å²) in [5.41, 5.74) is 4.39. The van der Waals surface area contributed by atoms with E-state index in [2.05, 4.69) is 119 Å². The van der Waals surface area contributed by atoms with Gasteiger partial charge < -0.3 is 29.9 Å². The Balaban J connectivity index is 1.26. The average Bonchev–Trinajstić information content (AvgIpc) is 3.26. The number of rotatable bonds is 22. The molecular weight excluding hydrogens is 725 g/mol. The maximum Gasteiger partial charge on any atom is 0.167 e. The SMILES string of the molecule is CCCCOc1ccc(CC(C(=O)C(Cc2ccc(OCCCC)cc2)N2CCN(c3ncccc3NCC)CC2)N2CCN(c3ncccc3NCC)CC2)cc1. The molecule has 4 aromatic rings. The van der Waals surface area contributed by atoms with Crippen molar-refractivity contribution in [3.05, 3.63) is 96.3 Å². The first-order valence-corrected chi connectivity index (χ1v) is 21.8. The normalized spacial score (nSPS) is 16.1. The summed E-state index contributed by atoms with van der Waals surface area (Å²) in [7, 11) is 0. The number of nitrogens with one attached hydrogen (secondary N) is 2. The highest BCUT2D eigenvalue weighted by Gasteiger charge is 2.38. The van der Waals surface area contributed by atoms with Crippen molar-refractivity contribution in [2.45, 2.75) is 78.3 Å². The lowest BCUT2D eigenvalue weighted by molar-refractivity contribution is -0.130. The summed E-state index contributed by atoms with van der Waals surface area (Å²) in [4.78, 5) is 34.6. The number of unbranched alkanes of at least 4 members (excludes halogenated alkanes) is 2. The first kappa shape index (κ1) is 42.7. The van der Waals surface area contributed by atoms with Gasteiger partial charge in [-0.1, -0.05) is 51.0 Å². The van der Waals surface area contributed by atoms with Gasteiger partial charge in [-0.05, 0) is 99.2 Å². The fraction of sp³-hybridized carbons (Fsp3) is 0.511. The van der Waals surface area contributed by atoms with Gasteiger partial charge in [-0.2, -0.15) is 0 Å². The third-order valence-electron chi connectivity index (χ3n) is 11.3. The molecule has 0 bridgehead atoms. The van der Waals surface area contributed by atoms with E-state index < -0.39 is 0 Å². The number of pyridine rings is 2. The number of ketones is 1. The van der Waals surface area contributed by atoms with Gasteiger partial charge in [0.05, 0.1) is 36.7 Å². The Morgan fingerprint density at radius 1 is 0.586 bits per heavy atom. The molecule has 312 valence electrons. The topological polar surface area (TPSA) is 98.3 Å². The zero-order valence-electron chi connectivity index (χ0n) is 35.4. The van der Waals surface area contributed by atoms with Crippen LogP contribution in [0, 0.1) is 0 Å². The molecule has 58 heavy (non-hydrogen) atoms. The van der Waals surface area contributed by atoms with Crippen molar-refractivity contribution in [3.8, 4) is 11.5 Å². The Labute approximate surface area is 347 Å². The van der Waals surface area contributed by atoms with E-state index in [1.54, 1.807) is 0 Å². The Morgan fingerprint density at radius 2 is 0.983 bits per heavy atom. The van der Waals surface area contributed by atoms with E-state index in [9.17, 15) is 0 Å². The standard InChI is InChI=1S/C47H66N8O3/c1-5-9-33-57-39-19-15-37(16-20-39)35-43(52-25-29-54(30-26-52)46-41(48-7-3)13-11-23-50-46)45(56)44(36-38-17-21-40(22-18-38)58-34-10-6-2)53-27-31-55(32-28-53)47-42(49-8-4)14-12-24-51-47/h11-24,43-44,48-49H,5-10,25-36H2,1-4H3. The van der Waals surface area contributed by atoms with Crippen LogP contribution in [0.1, 0.15) is 64.5 Å². The van der Waals surface area contributed by atoms with E-state index in [0.717, 1.165) is 137 Å². The van der Waals surface area contributed by atoms with Gasteiger partial charge in [0.25, 0.3) is 0 Å². The number of nitrogens with zero attached hydrogens (tertiary/aromatic N) is 6. The molecule has 0 saturated carbocycles. The molecule has 2 aromatic carbocycles. The minimum Gasteiger partial charge on any atom is -0.494 e. The molecule has 11 nitrogen and oxygen atoms in total. The fourth-order valence-corrected chi connectivity index (χ4v) is 8.05. The number of hydrogen-bond acceptors (Lipinski definition) is 11. The van der Waals surface area contributed by atoms with Crippen molar-refractivity contribution >= 4 is 28.8 Å². The molecule has 2 N–H and O–H groups in total. The van der Waals surface area contributed by atoms with Crippen LogP contribution in [0.5, 0.6) is 11.5 Å². The van der Waals surface area contributed by atoms with Crippen LogP contribution >= 0.6 is 0 Å². The van der Waals surface area contributed by atoms with Crippen molar-refractivity contribution in [2.75, 3.05) is 99.1 Å². The second-order valence-corrected chi connectivity index (χ2v) is 15.4. The third-order valence-corrected chi connectivity index (χ3v) is 11.3. The monoisotopic (exact) mass is 791 g/mol. The molecule has 2 aromatic heterocycles. The van der Waals surface area contributed by atoms with Crippen molar-refractivity contribution in [1.82, 2.24) is 19.8 Å². The largest absolute Gasteiger partial charge is 0.494 e. The molecule has 2 unspecified atom stereocenters. The summed E-state index contributed by atoms with van der Waals surface area (Å²) in [5.74, 6) is 4.00. The summed E-state index contributed by atoms with van der Waals surface area (Å²) in [6.45, 7) is 17.9. The number of hydrogen-bond donors (Lipinski definition) is 2. The van der Waals surface area contributed by atoms with Gasteiger partial charge in [-0.25, -0.2) is 9.97 Å². The number of carbonyl (C=O) groups is 1. The molecule has 2 saturated heterocycles. The minimum atomic E-state index is -0.290. The summed E-state index contributed by atoms with van der Waals surface area (Å²) in [6.07, 6.45) is 9.27. The maximum atomic E-state index is 15.5. The van der Waals surface area contributed by atoms with Crippen LogP contribution in [0.3, 0.4) is 0 Å². The zero-order valence-corrected chi connectivity index (χ0v) is 35.4. The summed E-state index contributed by atoms with van der Waals surface area (Å²) >= 11 is 0. The fourth-order valence-electron chi connectivity index (χ4n) is 8.05. The van der Waals surface area contributed by atoms with Gasteiger partial charge in [-0.15, -0.1) is 0 Å². The van der Waals surface area contributed by atoms with Gasteiger partial charge >= 0.3 is 0 Å². The van der Waals surface area contributed by atoms with Crippen LogP contribution in [0.25, 0.3) is 0 Å². The highest BCUT2D eigenvalue weighted by molar-refractivity contribution is 5.90. The molecule has 0 spiro atoms. The van der Waals surface area contributed by atoms with Gasteiger partial charge in [-0.3, -0.25) is 14.6 Å². The van der Waals surface area contributed by atoms with E-state index in [4.69, 9.17) is 19.4 Å². The predicted molar refractivity (Wildman–Crippen MR) is 238 cm³/mol. The smallest absolute Gasteiger partial charge is 0.167 e. The van der Waals surface area contributed by atoms with E-state index in [-0.39, 0.29) is 17.9 Å². The second kappa shape index (κ2) is 22.3. The number of piperazine rings is 2. The highest BCUT2D eigenvalue weighted by Crippen LogP contribution is 2.28. The second-order valence-electron chi connectivity index (χ2n) is 15.4. The van der Waals surface area contributed by atoms with Crippen LogP contribution in [0.15, 0.2) is 85.2 Å². The molecule has 2 aliphatic heterocycles. The molecule has 2 atom stereocenters. The number of ether oxygens (including phenoxy) is 2. The van der Waals surface area contributed by atoms with E-state index in [0.29, 0.717) is 26.1 Å². The molecular formula is C47H66N8O3. The van der Waals surface area contributed by atoms with Crippen molar-refractivity contribution in [3.63, 3.8) is 0 Å². The molecule has 2 aliphatic rings. The lowest BCUT2D eigenvalue weighted by Gasteiger charge is -2.44. The third kappa shape index (κ3) is 11.6. The first-order chi connectivity index (χ1) is 28.5. The summed E-state index contributed by atoms with van der Waals surface area (Å²) < 4.78 is 12.0. The Hall–Kier alpha value is -4.87. The lowest BCUT2D eigenvalue weighted by atomic mass is 9.91. The number of anilines is 4. The van der Waals surface area contributed by atoms with Crippen LogP contribution in [0.2, 0.25) is 0 Å². The van der Waals surface area contributed by atoms with Crippen molar-refractivity contribution in [2.24, 2.45) is 0 Å². The molecule has 4 heterocycles. The molecule has 11 heteroatoms. The molecule has 2 fully saturated rings. The van der Waals surface area contributed by atoms with Gasteiger partial charge in [0, 0.05) is 77.8 Å². The number of carbonyl (C=O) groups excluding carboxylic acids is 1. The van der Waals surface area contributed by atoms with Gasteiger partial charge in [0.15, 0.2) is 17.4 Å². The molecule has 0 amide bonds. The van der Waals surface area contributed by atoms with E-state index in [1.165, 1.54) is 0 Å². The van der Waals surface area contributed by atoms with Gasteiger partial charge in [0.2, 0.25) is 0 Å².